The first-order valence-electron chi connectivity index (χ1n) is 7.55. The Balaban J connectivity index is 2.09. The van der Waals surface area contributed by atoms with Gasteiger partial charge in [0.2, 0.25) is 14.2 Å². The molecule has 6 nitrogen and oxygen atoms in total. The molecule has 0 radical (unpaired) electrons. The van der Waals surface area contributed by atoms with Gasteiger partial charge in [-0.2, -0.15) is 0 Å². The van der Waals surface area contributed by atoms with Gasteiger partial charge in [0.15, 0.2) is 0 Å². The molecule has 0 aliphatic rings. The van der Waals surface area contributed by atoms with E-state index in [-0.39, 0.29) is 10.3 Å². The molecule has 2 aromatic heterocycles. The Morgan fingerprint density at radius 2 is 1.96 bits per heavy atom. The van der Waals surface area contributed by atoms with E-state index in [2.05, 4.69) is 9.97 Å². The topological polar surface area (TPSA) is 86.2 Å². The average Bonchev–Trinajstić information content (AvgIpc) is 2.99. The van der Waals surface area contributed by atoms with Crippen LogP contribution in [0, 0.1) is 6.92 Å². The quantitative estimate of drug-likeness (QED) is 0.650. The van der Waals surface area contributed by atoms with E-state index in [1.807, 2.05) is 13.0 Å². The summed E-state index contributed by atoms with van der Waals surface area (Å²) in [5.74, 6) is -0.387. The van der Waals surface area contributed by atoms with Gasteiger partial charge < -0.3 is 4.74 Å². The number of hydrogen-bond donors (Lipinski definition) is 0. The second-order valence-electron chi connectivity index (χ2n) is 5.52. The third-order valence-electron chi connectivity index (χ3n) is 3.58. The van der Waals surface area contributed by atoms with Crippen LogP contribution in [0.15, 0.2) is 34.7 Å². The minimum atomic E-state index is -3.37. The number of benzene rings is 1. The first-order chi connectivity index (χ1) is 11.8. The normalized spacial score (nSPS) is 11.6. The maximum Gasteiger partial charge on any atom is 0.338 e. The standard InChI is InChI=1S/C17H16N2O4S2/c1-4-23-16(20)11-6-5-10(2)12(9-11)13-7-8-14-15(18-13)24-17(19-14)25(3,21)22/h5-9H,4H2,1-3H3. The maximum absolute atomic E-state index is 11.9. The molecule has 8 heteroatoms. The van der Waals surface area contributed by atoms with Crippen molar-refractivity contribution in [2.24, 2.45) is 0 Å². The molecule has 3 rings (SSSR count). The van der Waals surface area contributed by atoms with Crippen LogP contribution in [0.25, 0.3) is 21.6 Å². The number of carbonyl (C=O) groups excluding carboxylic acids is 1. The van der Waals surface area contributed by atoms with Gasteiger partial charge in [0.1, 0.15) is 10.3 Å². The van der Waals surface area contributed by atoms with Crippen LogP contribution in [0.1, 0.15) is 22.8 Å². The third kappa shape index (κ3) is 3.54. The molecular formula is C17H16N2O4S2. The predicted molar refractivity (Wildman–Crippen MR) is 96.7 cm³/mol. The molecule has 0 unspecified atom stereocenters. The fourth-order valence-corrected chi connectivity index (χ4v) is 4.12. The average molecular weight is 376 g/mol. The Labute approximate surface area is 149 Å². The highest BCUT2D eigenvalue weighted by Crippen LogP contribution is 2.29. The summed E-state index contributed by atoms with van der Waals surface area (Å²) in [7, 11) is -3.37. The van der Waals surface area contributed by atoms with Crippen LogP contribution >= 0.6 is 11.3 Å². The zero-order valence-electron chi connectivity index (χ0n) is 13.9. The van der Waals surface area contributed by atoms with E-state index in [4.69, 9.17) is 4.74 Å². The molecule has 0 N–H and O–H groups in total. The molecule has 25 heavy (non-hydrogen) atoms. The summed E-state index contributed by atoms with van der Waals surface area (Å²) in [5.41, 5.74) is 3.38. The van der Waals surface area contributed by atoms with Crippen molar-refractivity contribution in [1.82, 2.24) is 9.97 Å². The molecule has 130 valence electrons. The summed E-state index contributed by atoms with van der Waals surface area (Å²) in [6, 6.07) is 8.79. The number of aromatic nitrogens is 2. The number of fused-ring (bicyclic) bond motifs is 1. The van der Waals surface area contributed by atoms with Gasteiger partial charge in [0.25, 0.3) is 0 Å². The second kappa shape index (κ2) is 6.53. The van der Waals surface area contributed by atoms with Gasteiger partial charge in [0, 0.05) is 11.8 Å². The number of carbonyl (C=O) groups is 1. The van der Waals surface area contributed by atoms with E-state index < -0.39 is 9.84 Å². The summed E-state index contributed by atoms with van der Waals surface area (Å²) in [6.45, 7) is 3.98. The van der Waals surface area contributed by atoms with E-state index in [1.165, 1.54) is 0 Å². The van der Waals surface area contributed by atoms with Gasteiger partial charge >= 0.3 is 5.97 Å². The number of esters is 1. The van der Waals surface area contributed by atoms with E-state index in [1.54, 1.807) is 31.2 Å². The van der Waals surface area contributed by atoms with Crippen molar-refractivity contribution in [3.05, 3.63) is 41.5 Å². The van der Waals surface area contributed by atoms with E-state index >= 15 is 0 Å². The minimum absolute atomic E-state index is 0.0455. The van der Waals surface area contributed by atoms with Gasteiger partial charge in [-0.1, -0.05) is 17.4 Å². The molecule has 0 fully saturated rings. The number of thiazole rings is 1. The number of hydrogen-bond acceptors (Lipinski definition) is 7. The van der Waals surface area contributed by atoms with Gasteiger partial charge in [-0.25, -0.2) is 23.2 Å². The van der Waals surface area contributed by atoms with E-state index in [0.29, 0.717) is 28.2 Å². The van der Waals surface area contributed by atoms with Crippen molar-refractivity contribution in [3.63, 3.8) is 0 Å². The Kier molecular flexibility index (Phi) is 4.57. The maximum atomic E-state index is 11.9. The number of nitrogens with zero attached hydrogens (tertiary/aromatic N) is 2. The van der Waals surface area contributed by atoms with Crippen molar-refractivity contribution in [3.8, 4) is 11.3 Å². The highest BCUT2D eigenvalue weighted by Gasteiger charge is 2.16. The fraction of sp³-hybridized carbons (Fsp3) is 0.235. The number of sulfone groups is 1. The van der Waals surface area contributed by atoms with Crippen molar-refractivity contribution in [1.29, 1.82) is 0 Å². The smallest absolute Gasteiger partial charge is 0.338 e. The number of pyridine rings is 1. The molecule has 0 saturated heterocycles. The summed E-state index contributed by atoms with van der Waals surface area (Å²) < 4.78 is 28.4. The van der Waals surface area contributed by atoms with Crippen LogP contribution in [-0.2, 0) is 14.6 Å². The molecule has 0 spiro atoms. The SMILES string of the molecule is CCOC(=O)c1ccc(C)c(-c2ccc3nc(S(C)(=O)=O)sc3n2)c1. The molecule has 0 amide bonds. The Morgan fingerprint density at radius 1 is 1.20 bits per heavy atom. The molecule has 0 aliphatic heterocycles. The Bertz CT molecular complexity index is 1070. The summed E-state index contributed by atoms with van der Waals surface area (Å²) >= 11 is 1.04. The number of aryl methyl sites for hydroxylation is 1. The lowest BCUT2D eigenvalue weighted by molar-refractivity contribution is 0.0526. The lowest BCUT2D eigenvalue weighted by Gasteiger charge is -2.08. The number of rotatable bonds is 4. The van der Waals surface area contributed by atoms with Crippen LogP contribution in [0.3, 0.4) is 0 Å². The minimum Gasteiger partial charge on any atom is -0.462 e. The molecular weight excluding hydrogens is 360 g/mol. The first kappa shape index (κ1) is 17.5. The summed E-state index contributed by atoms with van der Waals surface area (Å²) in [4.78, 5) is 21.1. The van der Waals surface area contributed by atoms with Gasteiger partial charge in [-0.05, 0) is 43.7 Å². The molecule has 0 bridgehead atoms. The highest BCUT2D eigenvalue weighted by molar-refractivity contribution is 7.92. The van der Waals surface area contributed by atoms with Crippen molar-refractivity contribution >= 4 is 37.5 Å². The molecule has 0 saturated carbocycles. The Morgan fingerprint density at radius 3 is 2.64 bits per heavy atom. The van der Waals surface area contributed by atoms with Crippen LogP contribution in [0.2, 0.25) is 0 Å². The van der Waals surface area contributed by atoms with Crippen molar-refractivity contribution in [2.45, 2.75) is 18.2 Å². The zero-order valence-corrected chi connectivity index (χ0v) is 15.6. The van der Waals surface area contributed by atoms with Gasteiger partial charge in [0.05, 0.1) is 17.9 Å². The first-order valence-corrected chi connectivity index (χ1v) is 10.3. The van der Waals surface area contributed by atoms with E-state index in [9.17, 15) is 13.2 Å². The van der Waals surface area contributed by atoms with Crippen LogP contribution in [0.4, 0.5) is 0 Å². The third-order valence-corrected chi connectivity index (χ3v) is 6.22. The molecule has 0 atom stereocenters. The van der Waals surface area contributed by atoms with Gasteiger partial charge in [-0.15, -0.1) is 0 Å². The fourth-order valence-electron chi connectivity index (χ4n) is 2.35. The molecule has 0 aliphatic carbocycles. The monoisotopic (exact) mass is 376 g/mol. The summed E-state index contributed by atoms with van der Waals surface area (Å²) in [6.07, 6.45) is 1.12. The molecule has 1 aromatic carbocycles. The predicted octanol–water partition coefficient (Wildman–Crippen LogP) is 3.25. The van der Waals surface area contributed by atoms with Crippen LogP contribution in [-0.4, -0.2) is 37.2 Å². The zero-order chi connectivity index (χ0) is 18.2. The second-order valence-corrected chi connectivity index (χ2v) is 8.69. The molecule has 3 aromatic rings. The highest BCUT2D eigenvalue weighted by atomic mass is 32.2. The van der Waals surface area contributed by atoms with Crippen LogP contribution < -0.4 is 0 Å². The van der Waals surface area contributed by atoms with Crippen molar-refractivity contribution in [2.75, 3.05) is 12.9 Å². The van der Waals surface area contributed by atoms with Crippen molar-refractivity contribution < 1.29 is 17.9 Å². The lowest BCUT2D eigenvalue weighted by Crippen LogP contribution is -2.05. The lowest BCUT2D eigenvalue weighted by atomic mass is 10.0. The largest absolute Gasteiger partial charge is 0.462 e. The van der Waals surface area contributed by atoms with Crippen LogP contribution in [0.5, 0.6) is 0 Å². The number of ether oxygens (including phenoxy) is 1. The van der Waals surface area contributed by atoms with E-state index in [0.717, 1.165) is 28.7 Å². The summed E-state index contributed by atoms with van der Waals surface area (Å²) in [5, 5.41) is 0. The Hall–Kier alpha value is -2.32. The van der Waals surface area contributed by atoms with Gasteiger partial charge in [-0.3, -0.25) is 0 Å². The molecule has 2 heterocycles.